The lowest BCUT2D eigenvalue weighted by Crippen LogP contribution is -2.46. The standard InChI is InChI=1S/C26H29FN4O3S/c27-22-9-7-19(8-10-22)18-3-5-20(6-4-18)23-17-35-24(30-23)14-29-26(33)21-2-1-12-31(15-21)25(32)16-34-13-11-28/h3-10,17,21H,1-2,11-16,28H2,(H,29,33)/t21-/m0/s1. The number of thiazole rings is 1. The summed E-state index contributed by atoms with van der Waals surface area (Å²) < 4.78 is 18.4. The largest absolute Gasteiger partial charge is 0.370 e. The Morgan fingerprint density at radius 3 is 2.51 bits per heavy atom. The first-order valence-corrected chi connectivity index (χ1v) is 12.6. The van der Waals surface area contributed by atoms with Gasteiger partial charge >= 0.3 is 0 Å². The van der Waals surface area contributed by atoms with Gasteiger partial charge in [0.1, 0.15) is 17.4 Å². The van der Waals surface area contributed by atoms with Crippen LogP contribution < -0.4 is 11.1 Å². The minimum absolute atomic E-state index is 0.00168. The van der Waals surface area contributed by atoms with E-state index in [2.05, 4.69) is 10.3 Å². The Kier molecular flexibility index (Phi) is 8.57. The number of nitrogens with zero attached hydrogens (tertiary/aromatic N) is 2. The Morgan fingerprint density at radius 1 is 1.11 bits per heavy atom. The molecule has 2 amide bonds. The summed E-state index contributed by atoms with van der Waals surface area (Å²) in [4.78, 5) is 31.4. The van der Waals surface area contributed by atoms with Crippen LogP contribution >= 0.6 is 11.3 Å². The van der Waals surface area contributed by atoms with E-state index in [4.69, 9.17) is 10.5 Å². The molecule has 0 spiro atoms. The van der Waals surface area contributed by atoms with E-state index < -0.39 is 0 Å². The van der Waals surface area contributed by atoms with Gasteiger partial charge in [-0.05, 0) is 36.1 Å². The number of rotatable bonds is 9. The van der Waals surface area contributed by atoms with Gasteiger partial charge in [0.25, 0.3) is 0 Å². The SMILES string of the molecule is NCCOCC(=O)N1CCC[C@H](C(=O)NCc2nc(-c3ccc(-c4ccc(F)cc4)cc3)cs2)C1. The summed E-state index contributed by atoms with van der Waals surface area (Å²) >= 11 is 1.49. The van der Waals surface area contributed by atoms with Crippen molar-refractivity contribution < 1.29 is 18.7 Å². The van der Waals surface area contributed by atoms with Gasteiger partial charge in [0.2, 0.25) is 11.8 Å². The predicted octanol–water partition coefficient (Wildman–Crippen LogP) is 3.45. The topological polar surface area (TPSA) is 97.5 Å². The summed E-state index contributed by atoms with van der Waals surface area (Å²) in [6.07, 6.45) is 1.54. The minimum Gasteiger partial charge on any atom is -0.370 e. The van der Waals surface area contributed by atoms with Gasteiger partial charge in [0.15, 0.2) is 0 Å². The van der Waals surface area contributed by atoms with Crippen LogP contribution in [0.25, 0.3) is 22.4 Å². The lowest BCUT2D eigenvalue weighted by Gasteiger charge is -2.32. The number of hydrogen-bond acceptors (Lipinski definition) is 6. The molecule has 0 radical (unpaired) electrons. The molecule has 3 N–H and O–H groups in total. The van der Waals surface area contributed by atoms with Crippen molar-refractivity contribution in [3.05, 3.63) is 64.7 Å². The average Bonchev–Trinajstić information content (AvgIpc) is 3.37. The fourth-order valence-electron chi connectivity index (χ4n) is 4.06. The number of aromatic nitrogens is 1. The molecule has 1 aliphatic heterocycles. The molecule has 35 heavy (non-hydrogen) atoms. The summed E-state index contributed by atoms with van der Waals surface area (Å²) in [6.45, 7) is 2.11. The average molecular weight is 497 g/mol. The minimum atomic E-state index is -0.255. The molecule has 0 bridgehead atoms. The van der Waals surface area contributed by atoms with E-state index in [0.29, 0.717) is 32.8 Å². The van der Waals surface area contributed by atoms with Gasteiger partial charge in [-0.25, -0.2) is 9.37 Å². The molecular formula is C26H29FN4O3S. The van der Waals surface area contributed by atoms with Crippen LogP contribution in [0.5, 0.6) is 0 Å². The maximum absolute atomic E-state index is 13.2. The monoisotopic (exact) mass is 496 g/mol. The van der Waals surface area contributed by atoms with Gasteiger partial charge in [0, 0.05) is 30.6 Å². The Balaban J connectivity index is 1.29. The molecule has 184 valence electrons. The van der Waals surface area contributed by atoms with Gasteiger partial charge in [-0.15, -0.1) is 11.3 Å². The summed E-state index contributed by atoms with van der Waals surface area (Å²) in [5, 5.41) is 5.76. The number of benzene rings is 2. The molecule has 1 aliphatic rings. The molecule has 1 aromatic heterocycles. The lowest BCUT2D eigenvalue weighted by molar-refractivity contribution is -0.139. The van der Waals surface area contributed by atoms with Crippen LogP contribution in [-0.2, 0) is 20.9 Å². The number of piperidine rings is 1. The molecule has 4 rings (SSSR count). The molecule has 9 heteroatoms. The Hall–Kier alpha value is -3.14. The summed E-state index contributed by atoms with van der Waals surface area (Å²) in [6, 6.07) is 14.4. The van der Waals surface area contributed by atoms with Crippen molar-refractivity contribution in [3.8, 4) is 22.4 Å². The van der Waals surface area contributed by atoms with Crippen LogP contribution in [-0.4, -0.2) is 54.5 Å². The molecule has 3 aromatic rings. The number of nitrogens with one attached hydrogen (secondary N) is 1. The molecular weight excluding hydrogens is 467 g/mol. The van der Waals surface area contributed by atoms with E-state index in [9.17, 15) is 14.0 Å². The van der Waals surface area contributed by atoms with Gasteiger partial charge in [-0.1, -0.05) is 36.4 Å². The van der Waals surface area contributed by atoms with Crippen LogP contribution in [0, 0.1) is 11.7 Å². The number of likely N-dealkylation sites (tertiary alicyclic amines) is 1. The van der Waals surface area contributed by atoms with Crippen molar-refractivity contribution >= 4 is 23.2 Å². The first-order valence-electron chi connectivity index (χ1n) is 11.7. The molecule has 1 atom stereocenters. The lowest BCUT2D eigenvalue weighted by atomic mass is 9.97. The molecule has 2 aromatic carbocycles. The van der Waals surface area contributed by atoms with Gasteiger partial charge in [0.05, 0.1) is 24.8 Å². The third-order valence-corrected chi connectivity index (χ3v) is 6.81. The number of amides is 2. The second-order valence-electron chi connectivity index (χ2n) is 8.45. The first-order chi connectivity index (χ1) is 17.0. The van der Waals surface area contributed by atoms with Crippen molar-refractivity contribution in [2.75, 3.05) is 32.8 Å². The van der Waals surface area contributed by atoms with Crippen LogP contribution in [0.2, 0.25) is 0 Å². The zero-order valence-electron chi connectivity index (χ0n) is 19.4. The molecule has 2 heterocycles. The number of halogens is 1. The summed E-state index contributed by atoms with van der Waals surface area (Å²) in [7, 11) is 0. The zero-order chi connectivity index (χ0) is 24.6. The highest BCUT2D eigenvalue weighted by atomic mass is 32.1. The number of ether oxygens (including phenoxy) is 1. The quantitative estimate of drug-likeness (QED) is 0.442. The molecule has 0 aliphatic carbocycles. The van der Waals surface area contributed by atoms with E-state index in [1.807, 2.05) is 29.6 Å². The van der Waals surface area contributed by atoms with Crippen molar-refractivity contribution in [2.24, 2.45) is 11.7 Å². The first kappa shape index (κ1) is 25.0. The Bertz CT molecular complexity index is 1130. The van der Waals surface area contributed by atoms with Crippen LogP contribution in [0.1, 0.15) is 17.8 Å². The number of carbonyl (C=O) groups is 2. The maximum Gasteiger partial charge on any atom is 0.248 e. The van der Waals surface area contributed by atoms with Crippen molar-refractivity contribution in [2.45, 2.75) is 19.4 Å². The van der Waals surface area contributed by atoms with Crippen molar-refractivity contribution in [1.82, 2.24) is 15.2 Å². The highest BCUT2D eigenvalue weighted by Crippen LogP contribution is 2.26. The smallest absolute Gasteiger partial charge is 0.248 e. The third kappa shape index (κ3) is 6.72. The summed E-state index contributed by atoms with van der Waals surface area (Å²) in [5.41, 5.74) is 9.16. The zero-order valence-corrected chi connectivity index (χ0v) is 20.2. The van der Waals surface area contributed by atoms with E-state index in [1.54, 1.807) is 17.0 Å². The van der Waals surface area contributed by atoms with Crippen molar-refractivity contribution in [1.29, 1.82) is 0 Å². The van der Waals surface area contributed by atoms with Crippen LogP contribution in [0.3, 0.4) is 0 Å². The maximum atomic E-state index is 13.2. The fourth-order valence-corrected chi connectivity index (χ4v) is 4.80. The second kappa shape index (κ2) is 12.0. The predicted molar refractivity (Wildman–Crippen MR) is 134 cm³/mol. The fraction of sp³-hybridized carbons (Fsp3) is 0.346. The molecule has 7 nitrogen and oxygen atoms in total. The molecule has 1 saturated heterocycles. The van der Waals surface area contributed by atoms with Gasteiger partial charge < -0.3 is 20.7 Å². The molecule has 0 unspecified atom stereocenters. The van der Waals surface area contributed by atoms with E-state index in [0.717, 1.165) is 40.2 Å². The third-order valence-electron chi connectivity index (χ3n) is 5.96. The highest BCUT2D eigenvalue weighted by Gasteiger charge is 2.28. The number of carbonyl (C=O) groups excluding carboxylic acids is 2. The van der Waals surface area contributed by atoms with Crippen LogP contribution in [0.15, 0.2) is 53.9 Å². The number of hydrogen-bond donors (Lipinski definition) is 2. The number of nitrogens with two attached hydrogens (primary N) is 1. The molecule has 0 saturated carbocycles. The molecule has 1 fully saturated rings. The van der Waals surface area contributed by atoms with E-state index >= 15 is 0 Å². The Morgan fingerprint density at radius 2 is 1.80 bits per heavy atom. The summed E-state index contributed by atoms with van der Waals surface area (Å²) in [5.74, 6) is -0.660. The van der Waals surface area contributed by atoms with Gasteiger partial charge in [-0.2, -0.15) is 0 Å². The normalized spacial score (nSPS) is 15.7. The Labute approximate surface area is 208 Å². The van der Waals surface area contributed by atoms with E-state index in [-0.39, 0.29) is 30.2 Å². The second-order valence-corrected chi connectivity index (χ2v) is 9.39. The van der Waals surface area contributed by atoms with Crippen molar-refractivity contribution in [3.63, 3.8) is 0 Å². The highest BCUT2D eigenvalue weighted by molar-refractivity contribution is 7.09. The van der Waals surface area contributed by atoms with E-state index in [1.165, 1.54) is 23.5 Å². The van der Waals surface area contributed by atoms with Gasteiger partial charge in [-0.3, -0.25) is 9.59 Å². The van der Waals surface area contributed by atoms with Crippen LogP contribution in [0.4, 0.5) is 4.39 Å².